The van der Waals surface area contributed by atoms with E-state index in [-0.39, 0.29) is 87.1 Å². The van der Waals surface area contributed by atoms with Crippen molar-refractivity contribution in [2.24, 2.45) is 35.5 Å². The Morgan fingerprint density at radius 2 is 1.30 bits per heavy atom. The Morgan fingerprint density at radius 3 is 1.87 bits per heavy atom. The molecule has 0 radical (unpaired) electrons. The zero-order valence-corrected chi connectivity index (χ0v) is 60.9. The minimum atomic E-state index is -1.31. The van der Waals surface area contributed by atoms with Crippen LogP contribution in [0.3, 0.4) is 0 Å². The van der Waals surface area contributed by atoms with Gasteiger partial charge in [-0.15, -0.1) is 0 Å². The Labute approximate surface area is 583 Å². The molecular formula is C72H110N10O17. The summed E-state index contributed by atoms with van der Waals surface area (Å²) in [5.41, 5.74) is 1.42. The molecule has 2 aliphatic rings. The van der Waals surface area contributed by atoms with Crippen molar-refractivity contribution in [3.63, 3.8) is 0 Å². The lowest BCUT2D eigenvalue weighted by Gasteiger charge is -2.41. The monoisotopic (exact) mass is 1390 g/mol. The molecule has 0 saturated carbocycles. The Balaban J connectivity index is 1.40. The summed E-state index contributed by atoms with van der Waals surface area (Å²) in [5.74, 6) is -7.97. The molecule has 2 aromatic carbocycles. The third-order valence-electron chi connectivity index (χ3n) is 18.1. The second-order valence-corrected chi connectivity index (χ2v) is 27.6. The van der Waals surface area contributed by atoms with E-state index in [0.29, 0.717) is 36.9 Å². The predicted molar refractivity (Wildman–Crippen MR) is 370 cm³/mol. The minimum Gasteiger partial charge on any atom is -0.465 e. The van der Waals surface area contributed by atoms with Gasteiger partial charge in [0.25, 0.3) is 11.8 Å². The lowest BCUT2D eigenvalue weighted by atomic mass is 9.89. The summed E-state index contributed by atoms with van der Waals surface area (Å²) in [7, 11) is 6.05. The predicted octanol–water partition coefficient (Wildman–Crippen LogP) is 5.33. The van der Waals surface area contributed by atoms with E-state index >= 15 is 0 Å². The Morgan fingerprint density at radius 1 is 0.667 bits per heavy atom. The van der Waals surface area contributed by atoms with E-state index < -0.39 is 144 Å². The van der Waals surface area contributed by atoms with Gasteiger partial charge in [0.2, 0.25) is 47.3 Å². The number of ether oxygens (including phenoxy) is 4. The Bertz CT molecular complexity index is 3070. The maximum Gasteiger partial charge on any atom is 0.410 e. The van der Waals surface area contributed by atoms with Gasteiger partial charge in [-0.25, -0.2) is 4.79 Å². The van der Waals surface area contributed by atoms with Crippen LogP contribution in [-0.4, -0.2) is 204 Å². The van der Waals surface area contributed by atoms with Gasteiger partial charge in [-0.2, -0.15) is 0 Å². The first-order chi connectivity index (χ1) is 46.6. The van der Waals surface area contributed by atoms with Gasteiger partial charge in [-0.1, -0.05) is 125 Å². The molecule has 1 fully saturated rings. The lowest BCUT2D eigenvalue weighted by Crippen LogP contribution is -2.60. The van der Waals surface area contributed by atoms with Gasteiger partial charge in [-0.05, 0) is 92.4 Å². The number of methoxy groups -OCH3 is 2. The van der Waals surface area contributed by atoms with Gasteiger partial charge in [0.15, 0.2) is 0 Å². The topological polar surface area (TPSA) is 347 Å². The van der Waals surface area contributed by atoms with Crippen LogP contribution in [0.5, 0.6) is 0 Å². The van der Waals surface area contributed by atoms with Gasteiger partial charge in [0.1, 0.15) is 36.8 Å². The number of aliphatic hydroxyl groups is 1. The zero-order valence-electron chi connectivity index (χ0n) is 60.9. The summed E-state index contributed by atoms with van der Waals surface area (Å²) >= 11 is 0. The number of nitrogens with zero attached hydrogens (tertiary/aromatic N) is 4. The molecule has 13 atom stereocenters. The second-order valence-electron chi connectivity index (χ2n) is 27.6. The molecule has 11 amide bonds. The normalized spacial score (nSPS) is 17.5. The van der Waals surface area contributed by atoms with Crippen LogP contribution in [0.4, 0.5) is 10.5 Å². The molecule has 550 valence electrons. The Hall–Kier alpha value is -8.30. The molecule has 0 bridgehead atoms. The lowest BCUT2D eigenvalue weighted by molar-refractivity contribution is -0.148. The number of carbonyl (C=O) groups excluding carboxylic acids is 12. The Kier molecular flexibility index (Phi) is 33.6. The molecule has 2 heterocycles. The summed E-state index contributed by atoms with van der Waals surface area (Å²) in [4.78, 5) is 167. The van der Waals surface area contributed by atoms with Gasteiger partial charge < -0.3 is 65.8 Å². The van der Waals surface area contributed by atoms with Crippen LogP contribution < -0.4 is 31.9 Å². The molecule has 0 aliphatic carbocycles. The maximum absolute atomic E-state index is 14.8. The SMILES string of the molecule is CC[C@H](C)[C@@H]([C@@H](CC(=O)N1CCC[C@H]1[C@H](OC)[C@@H](C)C(=O)N[C@H](C)[C@@H](O)c1ccccc1)OC)N(C)C(=O)[C@@H](NC(=O)[C@H](C(C)C)N(C)C(=O)OCc1ccc(NC(=O)[C@H](CCC(=O)OCC(C)C)NC(=O)[C@H](C)NC(=O)[C@@H](CC(C)C)NC(=O)CCN2C(=O)C=CC2=O)cc1)C(C)C. The number of likely N-dealkylation sites (tertiary alicyclic amines) is 1. The summed E-state index contributed by atoms with van der Waals surface area (Å²) < 4.78 is 23.1. The molecule has 0 unspecified atom stereocenters. The highest BCUT2D eigenvalue weighted by Gasteiger charge is 2.44. The number of likely N-dealkylation sites (N-methyl/N-ethyl adjacent to an activating group) is 2. The van der Waals surface area contributed by atoms with Crippen molar-refractivity contribution in [1.29, 1.82) is 0 Å². The number of amides is 11. The molecule has 7 N–H and O–H groups in total. The molecule has 0 aromatic heterocycles. The number of imide groups is 1. The molecule has 2 aliphatic heterocycles. The number of nitrogens with one attached hydrogen (secondary N) is 6. The van der Waals surface area contributed by atoms with Crippen molar-refractivity contribution >= 4 is 76.8 Å². The fraction of sp³-hybridized carbons (Fsp3) is 0.639. The minimum absolute atomic E-state index is 0.0353. The van der Waals surface area contributed by atoms with E-state index in [4.69, 9.17) is 18.9 Å². The third-order valence-corrected chi connectivity index (χ3v) is 18.1. The van der Waals surface area contributed by atoms with E-state index in [9.17, 15) is 62.6 Å². The summed E-state index contributed by atoms with van der Waals surface area (Å²) in [6.07, 6.45) is 0.174. The summed E-state index contributed by atoms with van der Waals surface area (Å²) in [6, 6.07) is 7.73. The van der Waals surface area contributed by atoms with Crippen molar-refractivity contribution in [2.45, 2.75) is 215 Å². The van der Waals surface area contributed by atoms with Crippen molar-refractivity contribution in [3.8, 4) is 0 Å². The second kappa shape index (κ2) is 40.1. The fourth-order valence-electron chi connectivity index (χ4n) is 12.2. The van der Waals surface area contributed by atoms with Crippen LogP contribution in [0.2, 0.25) is 0 Å². The van der Waals surface area contributed by atoms with Gasteiger partial charge in [0, 0.05) is 72.1 Å². The first-order valence-electron chi connectivity index (χ1n) is 34.5. The molecule has 0 spiro atoms. The van der Waals surface area contributed by atoms with Crippen molar-refractivity contribution in [1.82, 2.24) is 46.2 Å². The number of hydrogen-bond donors (Lipinski definition) is 7. The number of rotatable bonds is 39. The molecule has 1 saturated heterocycles. The quantitative estimate of drug-likeness (QED) is 0.0328. The summed E-state index contributed by atoms with van der Waals surface area (Å²) in [6.45, 7) is 23.3. The zero-order chi connectivity index (χ0) is 74.1. The maximum atomic E-state index is 14.8. The largest absolute Gasteiger partial charge is 0.465 e. The van der Waals surface area contributed by atoms with E-state index in [1.807, 2.05) is 59.7 Å². The van der Waals surface area contributed by atoms with Gasteiger partial charge in [-0.3, -0.25) is 62.5 Å². The smallest absolute Gasteiger partial charge is 0.410 e. The first kappa shape index (κ1) is 83.1. The van der Waals surface area contributed by atoms with Crippen LogP contribution >= 0.6 is 0 Å². The fourth-order valence-corrected chi connectivity index (χ4v) is 12.2. The van der Waals surface area contributed by atoms with E-state index in [2.05, 4.69) is 31.9 Å². The van der Waals surface area contributed by atoms with Gasteiger partial charge in [0.05, 0.1) is 55.4 Å². The third kappa shape index (κ3) is 24.8. The van der Waals surface area contributed by atoms with Crippen LogP contribution in [-0.2, 0) is 78.3 Å². The average Bonchev–Trinajstić information content (AvgIpc) is 1.79. The van der Waals surface area contributed by atoms with Crippen LogP contribution in [0.1, 0.15) is 159 Å². The van der Waals surface area contributed by atoms with Crippen LogP contribution in [0.15, 0.2) is 66.7 Å². The van der Waals surface area contributed by atoms with Crippen LogP contribution in [0, 0.1) is 35.5 Å². The van der Waals surface area contributed by atoms with E-state index in [0.717, 1.165) is 22.0 Å². The van der Waals surface area contributed by atoms with E-state index in [1.165, 1.54) is 45.2 Å². The first-order valence-corrected chi connectivity index (χ1v) is 34.5. The molecule has 4 rings (SSSR count). The van der Waals surface area contributed by atoms with Crippen molar-refractivity contribution in [2.75, 3.05) is 53.3 Å². The number of aliphatic hydroxyl groups excluding tert-OH is 1. The summed E-state index contributed by atoms with van der Waals surface area (Å²) in [5, 5.41) is 27.4. The number of hydrogen-bond acceptors (Lipinski definition) is 17. The average molecular weight is 1390 g/mol. The standard InChI is InChI=1S/C72H110N10O17/c1-18-45(10)63(55(96-16)38-59(86)81-35-22-25-54(81)65(97-17)46(11)66(89)73-47(12)64(88)50-23-20-19-21-24-50)79(14)71(94)61(43(6)7)78-70(93)62(44(8)9)80(15)72(95)99-40-49-26-28-51(29-27-49)75-68(91)52(30-33-60(87)98-39-42(4)5)77-67(90)48(13)74-69(92)53(37-41(2)3)76-56(83)34-36-82-57(84)31-32-58(82)85/h19-21,23-24,26-29,31-32,41-48,52-55,61-65,88H,18,22,25,30,33-40H2,1-17H3,(H,73,89)(H,74,92)(H,75,91)(H,76,83)(H,77,90)(H,78,93)/t45-,46+,47+,48-,52-,53+,54-,55+,61-,62-,63-,64+,65+/m0/s1. The number of anilines is 1. The molecular weight excluding hydrogens is 1280 g/mol. The molecule has 99 heavy (non-hydrogen) atoms. The van der Waals surface area contributed by atoms with E-state index in [1.54, 1.807) is 77.8 Å². The molecule has 27 heteroatoms. The number of benzene rings is 2. The number of esters is 1. The highest BCUT2D eigenvalue weighted by atomic mass is 16.6. The molecule has 27 nitrogen and oxygen atoms in total. The van der Waals surface area contributed by atoms with Crippen molar-refractivity contribution in [3.05, 3.63) is 77.9 Å². The highest BCUT2D eigenvalue weighted by Crippen LogP contribution is 2.31. The molecule has 2 aromatic rings. The van der Waals surface area contributed by atoms with Gasteiger partial charge >= 0.3 is 12.1 Å². The van der Waals surface area contributed by atoms with Crippen LogP contribution in [0.25, 0.3) is 0 Å². The number of carbonyl (C=O) groups is 12. The van der Waals surface area contributed by atoms with Crippen molar-refractivity contribution < 1.29 is 81.6 Å². The highest BCUT2D eigenvalue weighted by molar-refractivity contribution is 6.13.